The van der Waals surface area contributed by atoms with Crippen LogP contribution in [0.25, 0.3) is 0 Å². The van der Waals surface area contributed by atoms with Crippen molar-refractivity contribution in [1.29, 1.82) is 0 Å². The van der Waals surface area contributed by atoms with E-state index in [-0.39, 0.29) is 0 Å². The van der Waals surface area contributed by atoms with Gasteiger partial charge in [0.2, 0.25) is 0 Å². The molecule has 0 bridgehead atoms. The number of rotatable bonds is 7. The van der Waals surface area contributed by atoms with Crippen LogP contribution in [0.2, 0.25) is 13.1 Å². The summed E-state index contributed by atoms with van der Waals surface area (Å²) in [6.45, 7) is 11.0. The molecule has 0 spiro atoms. The molecule has 0 aliphatic carbocycles. The molecule has 0 unspecified atom stereocenters. The van der Waals surface area contributed by atoms with E-state index in [0.717, 1.165) is 24.4 Å². The van der Waals surface area contributed by atoms with Crippen molar-refractivity contribution in [3.8, 4) is 0 Å². The third kappa shape index (κ3) is 7.53. The monoisotopic (exact) mass is 276 g/mol. The van der Waals surface area contributed by atoms with E-state index in [0.29, 0.717) is 0 Å². The van der Waals surface area contributed by atoms with E-state index in [4.69, 9.17) is 4.43 Å². The third-order valence-corrected chi connectivity index (χ3v) is 7.50. The second-order valence-corrected chi connectivity index (χ2v) is 9.86. The summed E-state index contributed by atoms with van der Waals surface area (Å²) in [6.07, 6.45) is 6.31. The van der Waals surface area contributed by atoms with Gasteiger partial charge in [0, 0.05) is 4.95 Å². The average molecular weight is 277 g/mol. The lowest BCUT2D eigenvalue weighted by Gasteiger charge is -2.20. The number of alkyl halides is 1. The van der Waals surface area contributed by atoms with Gasteiger partial charge in [0.05, 0.1) is 6.61 Å². The first-order valence-corrected chi connectivity index (χ1v) is 9.22. The van der Waals surface area contributed by atoms with Crippen LogP contribution in [0.15, 0.2) is 24.3 Å². The zero-order chi connectivity index (χ0) is 11.0. The molecule has 0 saturated heterocycles. The topological polar surface area (TPSA) is 9.23 Å². The summed E-state index contributed by atoms with van der Waals surface area (Å²) in [6, 6.07) is 0. The third-order valence-electron chi connectivity index (χ3n) is 1.88. The fourth-order valence-electron chi connectivity index (χ4n) is 0.854. The summed E-state index contributed by atoms with van der Waals surface area (Å²) in [4.78, 5) is 1.000. The van der Waals surface area contributed by atoms with E-state index >= 15 is 0 Å². The van der Waals surface area contributed by atoms with Gasteiger partial charge >= 0.3 is 0 Å². The van der Waals surface area contributed by atoms with Crippen LogP contribution >= 0.6 is 15.9 Å². The molecule has 0 fully saturated rings. The summed E-state index contributed by atoms with van der Waals surface area (Å²) in [5.41, 5.74) is 1.33. The van der Waals surface area contributed by atoms with Crippen LogP contribution in [0.1, 0.15) is 19.8 Å². The largest absolute Gasteiger partial charge is 0.413 e. The van der Waals surface area contributed by atoms with Gasteiger partial charge in [-0.1, -0.05) is 33.7 Å². The summed E-state index contributed by atoms with van der Waals surface area (Å²) in [7, 11) is -1.43. The van der Waals surface area contributed by atoms with Gasteiger partial charge in [0.15, 0.2) is 8.32 Å². The van der Waals surface area contributed by atoms with Gasteiger partial charge in [-0.2, -0.15) is 0 Å². The predicted octanol–water partition coefficient (Wildman–Crippen LogP) is 4.05. The van der Waals surface area contributed by atoms with Gasteiger partial charge in [-0.05, 0) is 32.9 Å². The zero-order valence-electron chi connectivity index (χ0n) is 9.48. The number of hydrogen-bond acceptors (Lipinski definition) is 1. The number of hydrogen-bond donors (Lipinski definition) is 0. The molecule has 0 aromatic rings. The SMILES string of the molecule is C=CCC/C=C(\C)CO[Si](C)(C)CBr. The normalized spacial score (nSPS) is 13.0. The van der Waals surface area contributed by atoms with Crippen LogP contribution in [0.5, 0.6) is 0 Å². The van der Waals surface area contributed by atoms with Gasteiger partial charge in [-0.15, -0.1) is 6.58 Å². The summed E-state index contributed by atoms with van der Waals surface area (Å²) in [5.74, 6) is 0. The van der Waals surface area contributed by atoms with Gasteiger partial charge in [0.1, 0.15) is 0 Å². The Morgan fingerprint density at radius 3 is 2.57 bits per heavy atom. The minimum absolute atomic E-state index is 0.780. The lowest BCUT2D eigenvalue weighted by molar-refractivity contribution is 0.345. The quantitative estimate of drug-likeness (QED) is 0.295. The Kier molecular flexibility index (Phi) is 7.50. The molecule has 0 aromatic heterocycles. The first-order chi connectivity index (χ1) is 6.52. The van der Waals surface area contributed by atoms with Crippen LogP contribution in [-0.2, 0) is 4.43 Å². The summed E-state index contributed by atoms with van der Waals surface area (Å²) < 4.78 is 5.87. The molecule has 0 radical (unpaired) electrons. The Morgan fingerprint density at radius 1 is 1.43 bits per heavy atom. The molecule has 14 heavy (non-hydrogen) atoms. The van der Waals surface area contributed by atoms with Crippen molar-refractivity contribution in [2.24, 2.45) is 0 Å². The highest BCUT2D eigenvalue weighted by atomic mass is 79.9. The second-order valence-electron chi connectivity index (χ2n) is 4.10. The smallest absolute Gasteiger partial charge is 0.197 e. The molecule has 0 aromatic carbocycles. The molecule has 1 nitrogen and oxygen atoms in total. The fraction of sp³-hybridized carbons (Fsp3) is 0.636. The molecule has 3 heteroatoms. The molecular weight excluding hydrogens is 256 g/mol. The number of allylic oxidation sites excluding steroid dienone is 2. The second kappa shape index (κ2) is 7.43. The van der Waals surface area contributed by atoms with Gasteiger partial charge in [-0.3, -0.25) is 0 Å². The van der Waals surface area contributed by atoms with E-state index in [2.05, 4.69) is 48.6 Å². The number of halogens is 1. The summed E-state index contributed by atoms with van der Waals surface area (Å²) >= 11 is 3.49. The Bertz CT molecular complexity index is 199. The fourth-order valence-corrected chi connectivity index (χ4v) is 2.04. The highest BCUT2D eigenvalue weighted by Crippen LogP contribution is 2.10. The van der Waals surface area contributed by atoms with Crippen molar-refractivity contribution < 1.29 is 4.43 Å². The Morgan fingerprint density at radius 2 is 2.07 bits per heavy atom. The van der Waals surface area contributed by atoms with E-state index in [1.165, 1.54) is 5.57 Å². The lowest BCUT2D eigenvalue weighted by Crippen LogP contribution is -2.33. The Balaban J connectivity index is 3.77. The van der Waals surface area contributed by atoms with Crippen LogP contribution in [0.3, 0.4) is 0 Å². The van der Waals surface area contributed by atoms with Crippen LogP contribution in [0, 0.1) is 0 Å². The van der Waals surface area contributed by atoms with Crippen molar-refractivity contribution in [2.45, 2.75) is 32.9 Å². The highest BCUT2D eigenvalue weighted by molar-refractivity contribution is 9.09. The zero-order valence-corrected chi connectivity index (χ0v) is 12.1. The predicted molar refractivity (Wildman–Crippen MR) is 70.4 cm³/mol. The highest BCUT2D eigenvalue weighted by Gasteiger charge is 2.19. The molecule has 0 rings (SSSR count). The first-order valence-electron chi connectivity index (χ1n) is 4.98. The molecule has 0 N–H and O–H groups in total. The first kappa shape index (κ1) is 14.1. The van der Waals surface area contributed by atoms with Crippen molar-refractivity contribution in [2.75, 3.05) is 11.6 Å². The maximum Gasteiger partial charge on any atom is 0.197 e. The van der Waals surface area contributed by atoms with Crippen LogP contribution in [-0.4, -0.2) is 19.9 Å². The molecular formula is C11H21BrOSi. The Labute approximate surface area is 97.5 Å². The molecule has 0 aliphatic rings. The van der Waals surface area contributed by atoms with Gasteiger partial charge in [-0.25, -0.2) is 0 Å². The molecule has 0 atom stereocenters. The van der Waals surface area contributed by atoms with Crippen LogP contribution in [0.4, 0.5) is 0 Å². The van der Waals surface area contributed by atoms with E-state index < -0.39 is 8.32 Å². The Hall–Kier alpha value is 0.137. The van der Waals surface area contributed by atoms with E-state index in [1.54, 1.807) is 0 Å². The van der Waals surface area contributed by atoms with Crippen molar-refractivity contribution >= 4 is 24.2 Å². The van der Waals surface area contributed by atoms with E-state index in [9.17, 15) is 0 Å². The minimum atomic E-state index is -1.43. The molecule has 0 heterocycles. The van der Waals surface area contributed by atoms with Crippen molar-refractivity contribution in [1.82, 2.24) is 0 Å². The van der Waals surface area contributed by atoms with Crippen LogP contribution < -0.4 is 0 Å². The maximum atomic E-state index is 5.87. The standard InChI is InChI=1S/C11H21BrOSi/c1-5-6-7-8-11(2)9-13-14(3,4)10-12/h5,8H,1,6-7,9-10H2,2-4H3/b11-8+. The van der Waals surface area contributed by atoms with Crippen molar-refractivity contribution in [3.63, 3.8) is 0 Å². The van der Waals surface area contributed by atoms with Gasteiger partial charge < -0.3 is 4.43 Å². The average Bonchev–Trinajstić information content (AvgIpc) is 2.16. The van der Waals surface area contributed by atoms with E-state index in [1.807, 2.05) is 6.08 Å². The maximum absolute atomic E-state index is 5.87. The minimum Gasteiger partial charge on any atom is -0.413 e. The molecule has 0 aliphatic heterocycles. The van der Waals surface area contributed by atoms with Crippen molar-refractivity contribution in [3.05, 3.63) is 24.3 Å². The molecule has 0 amide bonds. The lowest BCUT2D eigenvalue weighted by atomic mass is 10.2. The molecule has 82 valence electrons. The number of unbranched alkanes of at least 4 members (excludes halogenated alkanes) is 1. The summed E-state index contributed by atoms with van der Waals surface area (Å²) in [5, 5.41) is 0. The molecule has 0 saturated carbocycles. The van der Waals surface area contributed by atoms with Gasteiger partial charge in [0.25, 0.3) is 0 Å².